The first-order chi connectivity index (χ1) is 13.5. The van der Waals surface area contributed by atoms with Gasteiger partial charge in [-0.1, -0.05) is 12.1 Å². The van der Waals surface area contributed by atoms with Crippen LogP contribution in [0, 0.1) is 11.2 Å². The van der Waals surface area contributed by atoms with E-state index in [9.17, 15) is 14.0 Å². The SMILES string of the molecule is COCC1(C(=O)Nc2cccc(C(=O)Nc3cccc(F)c3)c2)CCNCC1.Cl. The standard InChI is InChI=1S/C21H24FN3O3.ClH/c1-28-14-21(8-10-23-11-9-21)20(27)25-17-6-2-4-15(12-17)19(26)24-18-7-3-5-16(22)13-18;/h2-7,12-13,23H,8-11,14H2,1H3,(H,24,26)(H,25,27);1H. The Hall–Kier alpha value is -2.48. The van der Waals surface area contributed by atoms with Gasteiger partial charge >= 0.3 is 0 Å². The lowest BCUT2D eigenvalue weighted by molar-refractivity contribution is -0.130. The number of piperidine rings is 1. The van der Waals surface area contributed by atoms with E-state index < -0.39 is 11.2 Å². The van der Waals surface area contributed by atoms with E-state index in [2.05, 4.69) is 16.0 Å². The predicted octanol–water partition coefficient (Wildman–Crippen LogP) is 3.45. The zero-order valence-electron chi connectivity index (χ0n) is 16.2. The van der Waals surface area contributed by atoms with E-state index in [-0.39, 0.29) is 24.2 Å². The second-order valence-corrected chi connectivity index (χ2v) is 6.96. The number of benzene rings is 2. The van der Waals surface area contributed by atoms with Crippen LogP contribution in [0.2, 0.25) is 0 Å². The largest absolute Gasteiger partial charge is 0.384 e. The summed E-state index contributed by atoms with van der Waals surface area (Å²) in [6, 6.07) is 12.4. The van der Waals surface area contributed by atoms with E-state index in [1.54, 1.807) is 37.4 Å². The number of ether oxygens (including phenoxy) is 1. The molecule has 1 heterocycles. The van der Waals surface area contributed by atoms with Gasteiger partial charge in [-0.25, -0.2) is 4.39 Å². The molecule has 0 atom stereocenters. The number of hydrogen-bond acceptors (Lipinski definition) is 4. The van der Waals surface area contributed by atoms with E-state index in [4.69, 9.17) is 4.74 Å². The molecular weight excluding hydrogens is 397 g/mol. The molecule has 0 bridgehead atoms. The van der Waals surface area contributed by atoms with Crippen LogP contribution in [0.3, 0.4) is 0 Å². The number of amides is 2. The van der Waals surface area contributed by atoms with Crippen LogP contribution in [-0.2, 0) is 9.53 Å². The highest BCUT2D eigenvalue weighted by Crippen LogP contribution is 2.31. The summed E-state index contributed by atoms with van der Waals surface area (Å²) >= 11 is 0. The lowest BCUT2D eigenvalue weighted by atomic mass is 9.78. The van der Waals surface area contributed by atoms with Crippen molar-refractivity contribution in [2.45, 2.75) is 12.8 Å². The maximum Gasteiger partial charge on any atom is 0.255 e. The minimum atomic E-state index is -0.584. The average Bonchev–Trinajstić information content (AvgIpc) is 2.69. The Morgan fingerprint density at radius 2 is 1.72 bits per heavy atom. The number of carbonyl (C=O) groups excluding carboxylic acids is 2. The molecule has 1 saturated heterocycles. The number of carbonyl (C=O) groups is 2. The lowest BCUT2D eigenvalue weighted by Crippen LogP contribution is -2.47. The minimum Gasteiger partial charge on any atom is -0.384 e. The van der Waals surface area contributed by atoms with Gasteiger partial charge in [0.05, 0.1) is 12.0 Å². The van der Waals surface area contributed by atoms with Gasteiger partial charge in [0, 0.05) is 24.0 Å². The van der Waals surface area contributed by atoms with E-state index >= 15 is 0 Å². The predicted molar refractivity (Wildman–Crippen MR) is 113 cm³/mol. The van der Waals surface area contributed by atoms with Crippen molar-refractivity contribution in [3.63, 3.8) is 0 Å². The zero-order valence-corrected chi connectivity index (χ0v) is 17.0. The summed E-state index contributed by atoms with van der Waals surface area (Å²) in [6.07, 6.45) is 1.37. The fourth-order valence-corrected chi connectivity index (χ4v) is 3.39. The number of methoxy groups -OCH3 is 1. The first kappa shape index (κ1) is 22.8. The molecule has 2 aromatic carbocycles. The summed E-state index contributed by atoms with van der Waals surface area (Å²) in [6.45, 7) is 1.86. The van der Waals surface area contributed by atoms with Crippen molar-refractivity contribution >= 4 is 35.6 Å². The van der Waals surface area contributed by atoms with Gasteiger partial charge in [0.2, 0.25) is 5.91 Å². The maximum absolute atomic E-state index is 13.3. The molecule has 1 fully saturated rings. The van der Waals surface area contributed by atoms with Crippen LogP contribution in [0.25, 0.3) is 0 Å². The van der Waals surface area contributed by atoms with Crippen molar-refractivity contribution in [1.82, 2.24) is 5.32 Å². The molecule has 0 spiro atoms. The van der Waals surface area contributed by atoms with E-state index in [0.29, 0.717) is 36.4 Å². The summed E-state index contributed by atoms with van der Waals surface area (Å²) in [4.78, 5) is 25.4. The first-order valence-electron chi connectivity index (χ1n) is 9.20. The molecule has 2 aromatic rings. The highest BCUT2D eigenvalue weighted by atomic mass is 35.5. The lowest BCUT2D eigenvalue weighted by Gasteiger charge is -2.35. The van der Waals surface area contributed by atoms with Gasteiger partial charge in [-0.15, -0.1) is 12.4 Å². The van der Waals surface area contributed by atoms with Gasteiger partial charge in [-0.3, -0.25) is 9.59 Å². The first-order valence-corrected chi connectivity index (χ1v) is 9.20. The number of nitrogens with one attached hydrogen (secondary N) is 3. The molecule has 3 N–H and O–H groups in total. The van der Waals surface area contributed by atoms with Crippen molar-refractivity contribution in [3.8, 4) is 0 Å². The summed E-state index contributed by atoms with van der Waals surface area (Å²) < 4.78 is 18.6. The molecule has 0 aliphatic carbocycles. The number of hydrogen-bond donors (Lipinski definition) is 3. The Morgan fingerprint density at radius 1 is 1.07 bits per heavy atom. The van der Waals surface area contributed by atoms with Gasteiger partial charge in [0.1, 0.15) is 5.82 Å². The van der Waals surface area contributed by atoms with Gasteiger partial charge < -0.3 is 20.7 Å². The Balaban J connectivity index is 0.00000300. The molecule has 0 saturated carbocycles. The van der Waals surface area contributed by atoms with Crippen LogP contribution in [-0.4, -0.2) is 38.6 Å². The third-order valence-electron chi connectivity index (χ3n) is 4.93. The Bertz CT molecular complexity index is 851. The monoisotopic (exact) mass is 421 g/mol. The summed E-state index contributed by atoms with van der Waals surface area (Å²) in [5.41, 5.74) is 0.687. The maximum atomic E-state index is 13.3. The molecule has 156 valence electrons. The number of anilines is 2. The Labute approximate surface area is 175 Å². The minimum absolute atomic E-state index is 0. The van der Waals surface area contributed by atoms with Crippen LogP contribution in [0.5, 0.6) is 0 Å². The molecule has 8 heteroatoms. The van der Waals surface area contributed by atoms with Crippen molar-refractivity contribution in [1.29, 1.82) is 0 Å². The van der Waals surface area contributed by atoms with E-state index in [1.165, 1.54) is 18.2 Å². The molecule has 1 aliphatic rings. The van der Waals surface area contributed by atoms with Crippen LogP contribution in [0.15, 0.2) is 48.5 Å². The smallest absolute Gasteiger partial charge is 0.255 e. The fraction of sp³-hybridized carbons (Fsp3) is 0.333. The normalized spacial score (nSPS) is 15.1. The Kier molecular flexibility index (Phi) is 8.13. The highest BCUT2D eigenvalue weighted by molar-refractivity contribution is 6.05. The van der Waals surface area contributed by atoms with Crippen molar-refractivity contribution < 1.29 is 18.7 Å². The molecule has 3 rings (SSSR count). The molecule has 6 nitrogen and oxygen atoms in total. The van der Waals surface area contributed by atoms with Crippen LogP contribution < -0.4 is 16.0 Å². The van der Waals surface area contributed by atoms with Gasteiger partial charge in [0.15, 0.2) is 0 Å². The molecular formula is C21H25ClFN3O3. The van der Waals surface area contributed by atoms with Crippen molar-refractivity contribution in [2.75, 3.05) is 37.4 Å². The fourth-order valence-electron chi connectivity index (χ4n) is 3.39. The zero-order chi connectivity index (χ0) is 20.0. The third-order valence-corrected chi connectivity index (χ3v) is 4.93. The van der Waals surface area contributed by atoms with Gasteiger partial charge in [0.25, 0.3) is 5.91 Å². The van der Waals surface area contributed by atoms with Crippen LogP contribution in [0.1, 0.15) is 23.2 Å². The molecule has 1 aliphatic heterocycles. The topological polar surface area (TPSA) is 79.5 Å². The third kappa shape index (κ3) is 5.76. The Morgan fingerprint density at radius 3 is 2.38 bits per heavy atom. The van der Waals surface area contributed by atoms with Gasteiger partial charge in [-0.05, 0) is 62.3 Å². The summed E-state index contributed by atoms with van der Waals surface area (Å²) in [5.74, 6) is -0.919. The quantitative estimate of drug-likeness (QED) is 0.667. The van der Waals surface area contributed by atoms with Gasteiger partial charge in [-0.2, -0.15) is 0 Å². The molecule has 29 heavy (non-hydrogen) atoms. The summed E-state index contributed by atoms with van der Waals surface area (Å²) in [7, 11) is 1.59. The highest BCUT2D eigenvalue weighted by Gasteiger charge is 2.39. The average molecular weight is 422 g/mol. The molecule has 0 radical (unpaired) electrons. The molecule has 2 amide bonds. The number of rotatable bonds is 6. The summed E-state index contributed by atoms with van der Waals surface area (Å²) in [5, 5.41) is 8.82. The van der Waals surface area contributed by atoms with Crippen LogP contribution >= 0.6 is 12.4 Å². The molecule has 0 aromatic heterocycles. The second kappa shape index (κ2) is 10.3. The van der Waals surface area contributed by atoms with Crippen molar-refractivity contribution in [3.05, 3.63) is 59.9 Å². The van der Waals surface area contributed by atoms with E-state index in [1.807, 2.05) is 0 Å². The number of halogens is 2. The second-order valence-electron chi connectivity index (χ2n) is 6.96. The van der Waals surface area contributed by atoms with E-state index in [0.717, 1.165) is 13.1 Å². The molecule has 0 unspecified atom stereocenters. The van der Waals surface area contributed by atoms with Crippen LogP contribution in [0.4, 0.5) is 15.8 Å². The van der Waals surface area contributed by atoms with Crippen molar-refractivity contribution in [2.24, 2.45) is 5.41 Å².